The van der Waals surface area contributed by atoms with Crippen LogP contribution >= 0.6 is 0 Å². The Morgan fingerprint density at radius 2 is 1.45 bits per heavy atom. The Hall–Kier alpha value is -3.66. The molecule has 4 nitrogen and oxygen atoms in total. The molecule has 0 aromatic heterocycles. The van der Waals surface area contributed by atoms with E-state index in [4.69, 9.17) is 0 Å². The molecule has 0 heterocycles. The second kappa shape index (κ2) is 8.57. The van der Waals surface area contributed by atoms with Crippen molar-refractivity contribution < 1.29 is 9.59 Å². The molecule has 1 fully saturated rings. The Morgan fingerprint density at radius 1 is 0.793 bits per heavy atom. The molecular formula is C25H22N2O2. The molecule has 2 N–H and O–H groups in total. The fourth-order valence-corrected chi connectivity index (χ4v) is 2.97. The number of nitrogens with one attached hydrogen (secondary N) is 2. The molecule has 0 saturated heterocycles. The third-order valence-corrected chi connectivity index (χ3v) is 4.77. The topological polar surface area (TPSA) is 58.2 Å². The monoisotopic (exact) mass is 382 g/mol. The number of hydrogen-bond donors (Lipinski definition) is 2. The molecular weight excluding hydrogens is 360 g/mol. The van der Waals surface area contributed by atoms with Crippen molar-refractivity contribution >= 4 is 23.6 Å². The Balaban J connectivity index is 1.33. The predicted molar refractivity (Wildman–Crippen MR) is 116 cm³/mol. The van der Waals surface area contributed by atoms with Crippen LogP contribution in [0, 0.1) is 0 Å². The van der Waals surface area contributed by atoms with Gasteiger partial charge in [0.1, 0.15) is 0 Å². The number of anilines is 1. The summed E-state index contributed by atoms with van der Waals surface area (Å²) in [4.78, 5) is 24.2. The van der Waals surface area contributed by atoms with Crippen molar-refractivity contribution in [2.45, 2.75) is 18.9 Å². The summed E-state index contributed by atoms with van der Waals surface area (Å²) >= 11 is 0. The molecule has 144 valence electrons. The molecule has 0 atom stereocenters. The maximum Gasteiger partial charge on any atom is 0.251 e. The quantitative estimate of drug-likeness (QED) is 0.596. The smallest absolute Gasteiger partial charge is 0.251 e. The van der Waals surface area contributed by atoms with E-state index in [0.717, 1.165) is 35.2 Å². The lowest BCUT2D eigenvalue weighted by Gasteiger charge is -2.05. The summed E-state index contributed by atoms with van der Waals surface area (Å²) in [6.45, 7) is 0. The summed E-state index contributed by atoms with van der Waals surface area (Å²) in [7, 11) is 0. The molecule has 0 aliphatic heterocycles. The van der Waals surface area contributed by atoms with Crippen LogP contribution in [0.4, 0.5) is 5.69 Å². The first-order chi connectivity index (χ1) is 14.2. The van der Waals surface area contributed by atoms with Gasteiger partial charge in [0, 0.05) is 23.4 Å². The lowest BCUT2D eigenvalue weighted by molar-refractivity contribution is -0.111. The van der Waals surface area contributed by atoms with Gasteiger partial charge in [-0.1, -0.05) is 54.6 Å². The van der Waals surface area contributed by atoms with Gasteiger partial charge in [0.25, 0.3) is 5.91 Å². The van der Waals surface area contributed by atoms with Crippen molar-refractivity contribution in [3.63, 3.8) is 0 Å². The fraction of sp³-hybridized carbons (Fsp3) is 0.120. The van der Waals surface area contributed by atoms with Crippen molar-refractivity contribution in [3.8, 4) is 11.1 Å². The minimum absolute atomic E-state index is 0.0419. The van der Waals surface area contributed by atoms with Crippen LogP contribution in [0.5, 0.6) is 0 Å². The van der Waals surface area contributed by atoms with Crippen LogP contribution in [-0.4, -0.2) is 17.9 Å². The van der Waals surface area contributed by atoms with Gasteiger partial charge >= 0.3 is 0 Å². The number of hydrogen-bond acceptors (Lipinski definition) is 2. The molecule has 4 rings (SSSR count). The summed E-state index contributed by atoms with van der Waals surface area (Å²) in [6.07, 6.45) is 5.36. The summed E-state index contributed by atoms with van der Waals surface area (Å²) < 4.78 is 0. The molecule has 1 aliphatic carbocycles. The highest BCUT2D eigenvalue weighted by atomic mass is 16.2. The standard InChI is InChI=1S/C25H22N2O2/c28-24(26-22-13-11-20(12-14-22)19-4-2-1-3-5-19)17-8-18-6-9-21(10-7-18)25(29)27-23-15-16-23/h1-14,17,23H,15-16H2,(H,26,28)(H,27,29). The fourth-order valence-electron chi connectivity index (χ4n) is 2.97. The average molecular weight is 382 g/mol. The zero-order valence-electron chi connectivity index (χ0n) is 16.0. The normalized spacial score (nSPS) is 13.2. The second-order valence-electron chi connectivity index (χ2n) is 7.14. The van der Waals surface area contributed by atoms with E-state index >= 15 is 0 Å². The van der Waals surface area contributed by atoms with Gasteiger partial charge in [-0.2, -0.15) is 0 Å². The summed E-state index contributed by atoms with van der Waals surface area (Å²) in [5.74, 6) is -0.243. The zero-order chi connectivity index (χ0) is 20.1. The van der Waals surface area contributed by atoms with E-state index in [2.05, 4.69) is 22.8 Å². The van der Waals surface area contributed by atoms with Crippen LogP contribution in [-0.2, 0) is 4.79 Å². The van der Waals surface area contributed by atoms with Gasteiger partial charge in [-0.3, -0.25) is 9.59 Å². The Morgan fingerprint density at radius 3 is 2.10 bits per heavy atom. The molecule has 1 aliphatic rings. The second-order valence-corrected chi connectivity index (χ2v) is 7.14. The maximum atomic E-state index is 12.2. The molecule has 3 aromatic carbocycles. The van der Waals surface area contributed by atoms with Gasteiger partial charge in [0.15, 0.2) is 0 Å². The molecule has 3 aromatic rings. The van der Waals surface area contributed by atoms with E-state index in [-0.39, 0.29) is 11.8 Å². The number of rotatable bonds is 6. The maximum absolute atomic E-state index is 12.2. The van der Waals surface area contributed by atoms with E-state index < -0.39 is 0 Å². The molecule has 4 heteroatoms. The van der Waals surface area contributed by atoms with Gasteiger partial charge < -0.3 is 10.6 Å². The molecule has 0 radical (unpaired) electrons. The number of carbonyl (C=O) groups is 2. The summed E-state index contributed by atoms with van der Waals surface area (Å²) in [5.41, 5.74) is 4.48. The first kappa shape index (κ1) is 18.7. The van der Waals surface area contributed by atoms with Gasteiger partial charge in [0.05, 0.1) is 0 Å². The SMILES string of the molecule is O=C(C=Cc1ccc(C(=O)NC2CC2)cc1)Nc1ccc(-c2ccccc2)cc1. The Labute approximate surface area is 170 Å². The largest absolute Gasteiger partial charge is 0.349 e. The first-order valence-electron chi connectivity index (χ1n) is 9.73. The molecule has 0 unspecified atom stereocenters. The van der Waals surface area contributed by atoms with Gasteiger partial charge in [-0.15, -0.1) is 0 Å². The van der Waals surface area contributed by atoms with Crippen molar-refractivity contribution in [1.29, 1.82) is 0 Å². The minimum Gasteiger partial charge on any atom is -0.349 e. The van der Waals surface area contributed by atoms with Crippen LogP contribution in [0.3, 0.4) is 0 Å². The van der Waals surface area contributed by atoms with E-state index in [1.807, 2.05) is 54.6 Å². The molecule has 2 amide bonds. The zero-order valence-corrected chi connectivity index (χ0v) is 16.0. The Bertz CT molecular complexity index is 1020. The van der Waals surface area contributed by atoms with E-state index in [9.17, 15) is 9.59 Å². The number of benzene rings is 3. The first-order valence-corrected chi connectivity index (χ1v) is 9.73. The van der Waals surface area contributed by atoms with Gasteiger partial charge in [-0.25, -0.2) is 0 Å². The lowest BCUT2D eigenvalue weighted by Crippen LogP contribution is -2.25. The van der Waals surface area contributed by atoms with Crippen molar-refractivity contribution in [2.24, 2.45) is 0 Å². The molecule has 0 spiro atoms. The van der Waals surface area contributed by atoms with Crippen molar-refractivity contribution in [1.82, 2.24) is 5.32 Å². The number of carbonyl (C=O) groups excluding carboxylic acids is 2. The summed E-state index contributed by atoms with van der Waals surface area (Å²) in [6, 6.07) is 25.4. The predicted octanol–water partition coefficient (Wildman–Crippen LogP) is 4.90. The van der Waals surface area contributed by atoms with Crippen molar-refractivity contribution in [2.75, 3.05) is 5.32 Å². The average Bonchev–Trinajstić information content (AvgIpc) is 3.58. The van der Waals surface area contributed by atoms with Crippen LogP contribution in [0.1, 0.15) is 28.8 Å². The molecule has 29 heavy (non-hydrogen) atoms. The highest BCUT2D eigenvalue weighted by Gasteiger charge is 2.23. The van der Waals surface area contributed by atoms with Crippen molar-refractivity contribution in [3.05, 3.63) is 96.1 Å². The third kappa shape index (κ3) is 5.20. The van der Waals surface area contributed by atoms with E-state index in [1.54, 1.807) is 18.2 Å². The number of amides is 2. The van der Waals surface area contributed by atoms with E-state index in [1.165, 1.54) is 6.08 Å². The summed E-state index contributed by atoms with van der Waals surface area (Å²) in [5, 5.41) is 5.82. The van der Waals surface area contributed by atoms with Gasteiger partial charge in [-0.05, 0) is 59.9 Å². The van der Waals surface area contributed by atoms with Gasteiger partial charge in [0.2, 0.25) is 5.91 Å². The highest BCUT2D eigenvalue weighted by Crippen LogP contribution is 2.21. The lowest BCUT2D eigenvalue weighted by atomic mass is 10.1. The third-order valence-electron chi connectivity index (χ3n) is 4.77. The molecule has 1 saturated carbocycles. The Kier molecular flexibility index (Phi) is 5.52. The van der Waals surface area contributed by atoms with E-state index in [0.29, 0.717) is 11.6 Å². The minimum atomic E-state index is -0.201. The van der Waals surface area contributed by atoms with Crippen LogP contribution < -0.4 is 10.6 Å². The van der Waals surface area contributed by atoms with Crippen LogP contribution in [0.25, 0.3) is 17.2 Å². The van der Waals surface area contributed by atoms with Crippen LogP contribution in [0.2, 0.25) is 0 Å². The van der Waals surface area contributed by atoms with Crippen LogP contribution in [0.15, 0.2) is 84.9 Å². The molecule has 0 bridgehead atoms. The highest BCUT2D eigenvalue weighted by molar-refractivity contribution is 6.02.